The summed E-state index contributed by atoms with van der Waals surface area (Å²) in [6.45, 7) is 1.41. The van der Waals surface area contributed by atoms with Gasteiger partial charge in [-0.15, -0.1) is 20.4 Å². The fourth-order valence-electron chi connectivity index (χ4n) is 2.88. The van der Waals surface area contributed by atoms with Crippen LogP contribution in [0.2, 0.25) is 0 Å². The number of aromatic amines is 2. The minimum Gasteiger partial charge on any atom is -0.472 e. The van der Waals surface area contributed by atoms with Gasteiger partial charge in [0.2, 0.25) is 29.7 Å². The molecule has 0 amide bonds. The first-order valence-corrected chi connectivity index (χ1v) is 9.91. The number of H-pyrrole nitrogens is 2. The second-order valence-electron chi connectivity index (χ2n) is 7.23. The topological polar surface area (TPSA) is 140 Å². The molecule has 12 nitrogen and oxygen atoms in total. The Morgan fingerprint density at radius 2 is 1.55 bits per heavy atom. The lowest BCUT2D eigenvalue weighted by Crippen LogP contribution is -2.11. The van der Waals surface area contributed by atoms with Crippen LogP contribution in [0, 0.1) is 0 Å². The molecule has 0 fully saturated rings. The van der Waals surface area contributed by atoms with Crippen molar-refractivity contribution >= 4 is 29.7 Å². The summed E-state index contributed by atoms with van der Waals surface area (Å²) in [4.78, 5) is 9.92. The van der Waals surface area contributed by atoms with Gasteiger partial charge in [0.1, 0.15) is 0 Å². The van der Waals surface area contributed by atoms with Crippen molar-refractivity contribution in [2.45, 2.75) is 12.8 Å². The lowest BCUT2D eigenvalue weighted by molar-refractivity contribution is 0.564. The summed E-state index contributed by atoms with van der Waals surface area (Å²) in [6, 6.07) is 3.92. The number of hydrogen-bond donors (Lipinski definition) is 4. The highest BCUT2D eigenvalue weighted by Gasteiger charge is 2.13. The standard InChI is InChI=1S/C19H26N10O2/c1-28(2)18-22-16(24-26-18)21-8-5-14-10-15(31-12-14)29(3)19-23-17(25-27-19)20-7-4-13-6-9-30-11-13/h6,9-12H,4-5,7-8H2,1-3H3,(H2,20,23,25,27)(H2,21,22,24,26). The van der Waals surface area contributed by atoms with E-state index in [1.807, 2.05) is 43.1 Å². The molecule has 4 aromatic heterocycles. The Labute approximate surface area is 179 Å². The number of nitrogens with one attached hydrogen (secondary N) is 4. The zero-order valence-corrected chi connectivity index (χ0v) is 17.7. The Bertz CT molecular complexity index is 1070. The third-order valence-electron chi connectivity index (χ3n) is 4.65. The second-order valence-corrected chi connectivity index (χ2v) is 7.23. The zero-order chi connectivity index (χ0) is 21.6. The summed E-state index contributed by atoms with van der Waals surface area (Å²) in [6.07, 6.45) is 6.74. The first kappa shape index (κ1) is 20.3. The van der Waals surface area contributed by atoms with Crippen molar-refractivity contribution < 1.29 is 8.83 Å². The number of hydrogen-bond acceptors (Lipinski definition) is 10. The van der Waals surface area contributed by atoms with Crippen molar-refractivity contribution in [1.82, 2.24) is 30.4 Å². The summed E-state index contributed by atoms with van der Waals surface area (Å²) in [5.41, 5.74) is 2.18. The Morgan fingerprint density at radius 3 is 2.19 bits per heavy atom. The third kappa shape index (κ3) is 5.15. The molecule has 4 heterocycles. The predicted octanol–water partition coefficient (Wildman–Crippen LogP) is 2.25. The first-order valence-electron chi connectivity index (χ1n) is 9.91. The monoisotopic (exact) mass is 426 g/mol. The fourth-order valence-corrected chi connectivity index (χ4v) is 2.88. The number of rotatable bonds is 11. The molecule has 0 bridgehead atoms. The fraction of sp³-hybridized carbons (Fsp3) is 0.368. The van der Waals surface area contributed by atoms with E-state index >= 15 is 0 Å². The van der Waals surface area contributed by atoms with E-state index in [1.165, 1.54) is 0 Å². The number of nitrogens with zero attached hydrogens (tertiary/aromatic N) is 6. The molecule has 0 saturated carbocycles. The van der Waals surface area contributed by atoms with Crippen molar-refractivity contribution in [2.24, 2.45) is 0 Å². The van der Waals surface area contributed by atoms with Gasteiger partial charge in [0.25, 0.3) is 0 Å². The van der Waals surface area contributed by atoms with Crippen LogP contribution in [0.4, 0.5) is 29.7 Å². The van der Waals surface area contributed by atoms with Crippen LogP contribution in [0.25, 0.3) is 0 Å². The predicted molar refractivity (Wildman–Crippen MR) is 117 cm³/mol. The molecule has 4 N–H and O–H groups in total. The van der Waals surface area contributed by atoms with Gasteiger partial charge in [0, 0.05) is 40.3 Å². The molecule has 0 aliphatic heterocycles. The Morgan fingerprint density at radius 1 is 0.871 bits per heavy atom. The molecular formula is C19H26N10O2. The van der Waals surface area contributed by atoms with E-state index in [1.54, 1.807) is 18.8 Å². The van der Waals surface area contributed by atoms with E-state index in [0.29, 0.717) is 36.2 Å². The average molecular weight is 426 g/mol. The summed E-state index contributed by atoms with van der Waals surface area (Å²) in [5.74, 6) is 3.20. The van der Waals surface area contributed by atoms with Gasteiger partial charge in [0.15, 0.2) is 0 Å². The van der Waals surface area contributed by atoms with E-state index in [2.05, 4.69) is 41.0 Å². The van der Waals surface area contributed by atoms with Crippen LogP contribution in [0.15, 0.2) is 39.8 Å². The van der Waals surface area contributed by atoms with Crippen LogP contribution in [-0.4, -0.2) is 64.6 Å². The van der Waals surface area contributed by atoms with Gasteiger partial charge >= 0.3 is 0 Å². The molecular weight excluding hydrogens is 400 g/mol. The summed E-state index contributed by atoms with van der Waals surface area (Å²) in [7, 11) is 5.68. The van der Waals surface area contributed by atoms with Crippen LogP contribution in [0.3, 0.4) is 0 Å². The number of anilines is 5. The van der Waals surface area contributed by atoms with E-state index < -0.39 is 0 Å². The molecule has 0 aliphatic carbocycles. The molecule has 0 aromatic carbocycles. The van der Waals surface area contributed by atoms with Gasteiger partial charge in [0.05, 0.1) is 18.8 Å². The Kier molecular flexibility index (Phi) is 6.05. The highest BCUT2D eigenvalue weighted by atomic mass is 16.3. The molecule has 0 radical (unpaired) electrons. The molecule has 4 aromatic rings. The molecule has 0 unspecified atom stereocenters. The van der Waals surface area contributed by atoms with Gasteiger partial charge in [-0.3, -0.25) is 14.9 Å². The quantitative estimate of drug-likeness (QED) is 0.282. The maximum Gasteiger partial charge on any atom is 0.232 e. The van der Waals surface area contributed by atoms with Crippen molar-refractivity contribution in [3.05, 3.63) is 42.0 Å². The van der Waals surface area contributed by atoms with E-state index in [0.717, 1.165) is 30.5 Å². The minimum absolute atomic E-state index is 0.586. The second kappa shape index (κ2) is 9.24. The highest BCUT2D eigenvalue weighted by molar-refractivity contribution is 5.51. The van der Waals surface area contributed by atoms with Gasteiger partial charge in [-0.25, -0.2) is 0 Å². The van der Waals surface area contributed by atoms with Crippen molar-refractivity contribution in [3.63, 3.8) is 0 Å². The first-order chi connectivity index (χ1) is 15.1. The highest BCUT2D eigenvalue weighted by Crippen LogP contribution is 2.23. The van der Waals surface area contributed by atoms with E-state index in [9.17, 15) is 0 Å². The summed E-state index contributed by atoms with van der Waals surface area (Å²) < 4.78 is 10.8. The Balaban J connectivity index is 1.25. The van der Waals surface area contributed by atoms with Crippen molar-refractivity contribution in [2.75, 3.05) is 54.7 Å². The van der Waals surface area contributed by atoms with Crippen LogP contribution in [0.1, 0.15) is 11.1 Å². The van der Waals surface area contributed by atoms with Gasteiger partial charge < -0.3 is 24.4 Å². The minimum atomic E-state index is 0.586. The zero-order valence-electron chi connectivity index (χ0n) is 17.7. The van der Waals surface area contributed by atoms with E-state index in [4.69, 9.17) is 8.83 Å². The van der Waals surface area contributed by atoms with E-state index in [-0.39, 0.29) is 0 Å². The number of aromatic nitrogens is 6. The van der Waals surface area contributed by atoms with Crippen molar-refractivity contribution in [3.8, 4) is 0 Å². The lowest BCUT2D eigenvalue weighted by Gasteiger charge is -2.10. The van der Waals surface area contributed by atoms with Crippen LogP contribution >= 0.6 is 0 Å². The molecule has 12 heteroatoms. The normalized spacial score (nSPS) is 10.9. The van der Waals surface area contributed by atoms with Crippen LogP contribution in [0.5, 0.6) is 0 Å². The molecule has 4 rings (SSSR count). The lowest BCUT2D eigenvalue weighted by atomic mass is 10.2. The summed E-state index contributed by atoms with van der Waals surface area (Å²) in [5, 5.41) is 22.8. The third-order valence-corrected chi connectivity index (χ3v) is 4.65. The molecule has 0 atom stereocenters. The molecule has 31 heavy (non-hydrogen) atoms. The maximum absolute atomic E-state index is 5.70. The van der Waals surface area contributed by atoms with Crippen molar-refractivity contribution in [1.29, 1.82) is 0 Å². The molecule has 0 spiro atoms. The largest absolute Gasteiger partial charge is 0.472 e. The van der Waals surface area contributed by atoms with Crippen LogP contribution in [-0.2, 0) is 12.8 Å². The average Bonchev–Trinajstić information content (AvgIpc) is 3.54. The van der Waals surface area contributed by atoms with Gasteiger partial charge in [-0.05, 0) is 30.0 Å². The molecule has 0 aliphatic rings. The molecule has 0 saturated heterocycles. The smallest absolute Gasteiger partial charge is 0.232 e. The maximum atomic E-state index is 5.70. The van der Waals surface area contributed by atoms with Crippen LogP contribution < -0.4 is 20.4 Å². The Hall–Kier alpha value is -3.96. The molecule has 164 valence electrons. The van der Waals surface area contributed by atoms with Gasteiger partial charge in [-0.2, -0.15) is 0 Å². The number of furan rings is 2. The SMILES string of the molecule is CN(C)c1nnc(NCCc2coc(N(C)c3nnc(NCCc4ccoc4)[nH]3)c2)[nH]1. The van der Waals surface area contributed by atoms with Gasteiger partial charge in [-0.1, -0.05) is 0 Å². The summed E-state index contributed by atoms with van der Waals surface area (Å²) >= 11 is 0.